The van der Waals surface area contributed by atoms with Crippen LogP contribution in [0.2, 0.25) is 0 Å². The summed E-state index contributed by atoms with van der Waals surface area (Å²) in [5.74, 6) is -1.52. The zero-order chi connectivity index (χ0) is 38.1. The minimum atomic E-state index is -1.39. The van der Waals surface area contributed by atoms with Crippen LogP contribution in [0.3, 0.4) is 0 Å². The second-order valence-electron chi connectivity index (χ2n) is 13.6. The number of fused-ring (bicyclic) bond motifs is 2. The second-order valence-corrected chi connectivity index (χ2v) is 13.6. The Morgan fingerprint density at radius 2 is 1.29 bits per heavy atom. The highest BCUT2D eigenvalue weighted by Gasteiger charge is 2.39. The summed E-state index contributed by atoms with van der Waals surface area (Å²) in [5.41, 5.74) is 5.43. The van der Waals surface area contributed by atoms with E-state index < -0.39 is 29.3 Å². The molecular weight excluding hydrogens is 700 g/mol. The van der Waals surface area contributed by atoms with E-state index in [4.69, 9.17) is 9.98 Å². The number of benzodiazepines with no additional fused rings is 1. The summed E-state index contributed by atoms with van der Waals surface area (Å²) in [7, 11) is 0. The van der Waals surface area contributed by atoms with E-state index in [1.807, 2.05) is 109 Å². The molecule has 8 aromatic rings. The van der Waals surface area contributed by atoms with Gasteiger partial charge in [-0.1, -0.05) is 140 Å². The van der Waals surface area contributed by atoms with Gasteiger partial charge in [-0.05, 0) is 47.0 Å². The Hall–Kier alpha value is -7.39. The van der Waals surface area contributed by atoms with Gasteiger partial charge in [0, 0.05) is 28.2 Å². The molecule has 1 atom stereocenters. The van der Waals surface area contributed by atoms with E-state index in [1.54, 1.807) is 35.5 Å². The third-order valence-electron chi connectivity index (χ3n) is 10.3. The number of hydrogen-bond acceptors (Lipinski definition) is 4. The van der Waals surface area contributed by atoms with Gasteiger partial charge in [0.1, 0.15) is 17.1 Å². The fourth-order valence-corrected chi connectivity index (χ4v) is 7.73. The molecule has 0 saturated heterocycles. The molecule has 0 spiro atoms. The van der Waals surface area contributed by atoms with Gasteiger partial charge in [-0.2, -0.15) is 0 Å². The largest absolute Gasteiger partial charge is 0.351 e. The number of imidazole rings is 1. The van der Waals surface area contributed by atoms with Crippen LogP contribution in [-0.4, -0.2) is 38.2 Å². The molecule has 0 saturated carbocycles. The van der Waals surface area contributed by atoms with E-state index in [1.165, 1.54) is 6.07 Å². The van der Waals surface area contributed by atoms with Crippen LogP contribution in [0.25, 0.3) is 10.9 Å². The molecule has 0 aliphatic carbocycles. The Kier molecular flexibility index (Phi) is 8.87. The maximum atomic E-state index is 15.6. The van der Waals surface area contributed by atoms with Crippen molar-refractivity contribution in [3.63, 3.8) is 0 Å². The number of halogens is 1. The monoisotopic (exact) mass is 734 g/mol. The Bertz CT molecular complexity index is 2590. The number of H-pyrrole nitrogens is 1. The molecule has 3 heterocycles. The molecule has 2 N–H and O–H groups in total. The minimum absolute atomic E-state index is 0.0378. The predicted octanol–water partition coefficient (Wildman–Crippen LogP) is 8.48. The number of aromatic amines is 1. The normalized spacial score (nSPS) is 14.2. The van der Waals surface area contributed by atoms with Gasteiger partial charge in [0.05, 0.1) is 30.0 Å². The molecule has 2 amide bonds. The van der Waals surface area contributed by atoms with Crippen LogP contribution in [0, 0.1) is 5.82 Å². The molecule has 1 aliphatic rings. The van der Waals surface area contributed by atoms with E-state index in [0.717, 1.165) is 27.6 Å². The topological polar surface area (TPSA) is 95.4 Å². The second kappa shape index (κ2) is 14.4. The molecule has 0 unspecified atom stereocenters. The van der Waals surface area contributed by atoms with Crippen molar-refractivity contribution in [2.45, 2.75) is 18.2 Å². The Morgan fingerprint density at radius 1 is 0.714 bits per heavy atom. The first-order valence-corrected chi connectivity index (χ1v) is 18.3. The standard InChI is InChI=1S/C47H35FN6O2/c48-39-25-13-11-23-37(39)43-38-24-12-15-27-42(38)54(46(56)44(51-43)52-45(55)41-28-32-16-10-14-26-40(32)50-41)30-36-29-53(31-49-36)47(33-17-4-1-5-18-33,34-19-6-2-7-20-34)35-21-8-3-9-22-35/h1-29,31,44,50H,30H2,(H,52,55)/t44-/m1/s1. The quantitative estimate of drug-likeness (QED) is 0.146. The number of aliphatic imine (C=N–C) groups is 1. The van der Waals surface area contributed by atoms with E-state index in [0.29, 0.717) is 16.9 Å². The van der Waals surface area contributed by atoms with E-state index in [9.17, 15) is 9.59 Å². The highest BCUT2D eigenvalue weighted by atomic mass is 19.1. The number of rotatable bonds is 9. The number of nitrogens with zero attached hydrogens (tertiary/aromatic N) is 4. The van der Waals surface area contributed by atoms with Crippen molar-refractivity contribution in [1.82, 2.24) is 19.9 Å². The van der Waals surface area contributed by atoms with Crippen LogP contribution < -0.4 is 10.2 Å². The summed E-state index contributed by atoms with van der Waals surface area (Å²) in [6.45, 7) is 0.0378. The van der Waals surface area contributed by atoms with Crippen LogP contribution in [-0.2, 0) is 16.9 Å². The molecule has 9 rings (SSSR count). The van der Waals surface area contributed by atoms with Crippen molar-refractivity contribution in [1.29, 1.82) is 0 Å². The number of hydrogen-bond donors (Lipinski definition) is 2. The van der Waals surface area contributed by atoms with Gasteiger partial charge in [-0.15, -0.1) is 0 Å². The van der Waals surface area contributed by atoms with Crippen molar-refractivity contribution >= 4 is 34.1 Å². The minimum Gasteiger partial charge on any atom is -0.351 e. The lowest BCUT2D eigenvalue weighted by Gasteiger charge is -2.37. The number of nitrogens with one attached hydrogen (secondary N) is 2. The average Bonchev–Trinajstić information content (AvgIpc) is 3.89. The van der Waals surface area contributed by atoms with Gasteiger partial charge < -0.3 is 19.8 Å². The van der Waals surface area contributed by atoms with Gasteiger partial charge in [-0.3, -0.25) is 9.59 Å². The lowest BCUT2D eigenvalue weighted by Crippen LogP contribution is -2.47. The highest BCUT2D eigenvalue weighted by Crippen LogP contribution is 2.41. The molecular formula is C47H35FN6O2. The summed E-state index contributed by atoms with van der Waals surface area (Å²) < 4.78 is 17.7. The number of benzene rings is 6. The first kappa shape index (κ1) is 34.4. The van der Waals surface area contributed by atoms with Crippen molar-refractivity contribution in [2.75, 3.05) is 4.90 Å². The van der Waals surface area contributed by atoms with Crippen LogP contribution in [0.1, 0.15) is 44.0 Å². The molecule has 8 nitrogen and oxygen atoms in total. The van der Waals surface area contributed by atoms with Crippen molar-refractivity contribution in [2.24, 2.45) is 4.99 Å². The van der Waals surface area contributed by atoms with Crippen LogP contribution in [0.4, 0.5) is 10.1 Å². The lowest BCUT2D eigenvalue weighted by molar-refractivity contribution is -0.120. The molecule has 272 valence electrons. The van der Waals surface area contributed by atoms with Gasteiger partial charge in [0.25, 0.3) is 11.8 Å². The fourth-order valence-electron chi connectivity index (χ4n) is 7.73. The summed E-state index contributed by atoms with van der Waals surface area (Å²) in [4.78, 5) is 43.1. The Labute approximate surface area is 322 Å². The average molecular weight is 735 g/mol. The maximum absolute atomic E-state index is 15.6. The zero-order valence-corrected chi connectivity index (χ0v) is 30.1. The van der Waals surface area contributed by atoms with E-state index in [2.05, 4.69) is 51.3 Å². The SMILES string of the molecule is O=C(N[C@H]1N=C(c2ccccc2F)c2ccccc2N(Cc2cn(C(c3ccccc3)(c3ccccc3)c3ccccc3)cn2)C1=O)c1cc2ccccc2[nH]1. The molecule has 9 heteroatoms. The van der Waals surface area contributed by atoms with Crippen molar-refractivity contribution < 1.29 is 14.0 Å². The Morgan fingerprint density at radius 3 is 1.93 bits per heavy atom. The highest BCUT2D eigenvalue weighted by molar-refractivity contribution is 6.20. The number of para-hydroxylation sites is 2. The van der Waals surface area contributed by atoms with Crippen molar-refractivity contribution in [3.05, 3.63) is 227 Å². The summed E-state index contributed by atoms with van der Waals surface area (Å²) in [6, 6.07) is 53.6. The van der Waals surface area contributed by atoms with Crippen molar-refractivity contribution in [3.8, 4) is 0 Å². The van der Waals surface area contributed by atoms with Crippen LogP contribution >= 0.6 is 0 Å². The molecule has 0 fully saturated rings. The van der Waals surface area contributed by atoms with Gasteiger partial charge in [0.15, 0.2) is 0 Å². The van der Waals surface area contributed by atoms with E-state index in [-0.39, 0.29) is 23.5 Å². The fraction of sp³-hybridized carbons (Fsp3) is 0.0638. The zero-order valence-electron chi connectivity index (χ0n) is 30.1. The summed E-state index contributed by atoms with van der Waals surface area (Å²) >= 11 is 0. The third kappa shape index (κ3) is 6.05. The van der Waals surface area contributed by atoms with Crippen LogP contribution in [0.5, 0.6) is 0 Å². The first-order chi connectivity index (χ1) is 27.5. The van der Waals surface area contributed by atoms with Crippen LogP contribution in [0.15, 0.2) is 187 Å². The summed E-state index contributed by atoms with van der Waals surface area (Å²) in [5, 5.41) is 3.70. The van der Waals surface area contributed by atoms with E-state index >= 15 is 4.39 Å². The maximum Gasteiger partial charge on any atom is 0.272 e. The molecule has 0 radical (unpaired) electrons. The number of carbonyl (C=O) groups excluding carboxylic acids is 2. The molecule has 56 heavy (non-hydrogen) atoms. The smallest absolute Gasteiger partial charge is 0.272 e. The summed E-state index contributed by atoms with van der Waals surface area (Å²) in [6.07, 6.45) is 2.37. The molecule has 2 aromatic heterocycles. The van der Waals surface area contributed by atoms with Gasteiger partial charge >= 0.3 is 0 Å². The third-order valence-corrected chi connectivity index (χ3v) is 10.3. The predicted molar refractivity (Wildman–Crippen MR) is 216 cm³/mol. The van der Waals surface area contributed by atoms with Gasteiger partial charge in [0.2, 0.25) is 6.17 Å². The molecule has 0 bridgehead atoms. The number of amides is 2. The number of anilines is 1. The lowest BCUT2D eigenvalue weighted by atomic mass is 9.77. The molecule has 1 aliphatic heterocycles. The van der Waals surface area contributed by atoms with Gasteiger partial charge in [-0.25, -0.2) is 14.4 Å². The molecule has 6 aromatic carbocycles. The first-order valence-electron chi connectivity index (χ1n) is 18.3. The Balaban J connectivity index is 1.16. The number of carbonyl (C=O) groups is 2. The number of aromatic nitrogens is 3.